The molecule has 0 saturated carbocycles. The van der Waals surface area contributed by atoms with Crippen molar-refractivity contribution in [3.63, 3.8) is 0 Å². The number of anilines is 1. The quantitative estimate of drug-likeness (QED) is 0.911. The van der Waals surface area contributed by atoms with E-state index in [0.29, 0.717) is 30.8 Å². The number of para-hydroxylation sites is 1. The first-order valence-electron chi connectivity index (χ1n) is 8.18. The van der Waals surface area contributed by atoms with Gasteiger partial charge in [0, 0.05) is 24.8 Å². The van der Waals surface area contributed by atoms with Gasteiger partial charge in [-0.05, 0) is 25.5 Å². The lowest BCUT2D eigenvalue weighted by Crippen LogP contribution is -2.38. The minimum Gasteiger partial charge on any atom is -0.371 e. The van der Waals surface area contributed by atoms with Crippen LogP contribution >= 0.6 is 0 Å². The summed E-state index contributed by atoms with van der Waals surface area (Å²) in [6, 6.07) is 7.80. The van der Waals surface area contributed by atoms with E-state index in [1.807, 2.05) is 32.0 Å². The second kappa shape index (κ2) is 7.00. The zero-order valence-corrected chi connectivity index (χ0v) is 14.2. The first-order valence-corrected chi connectivity index (χ1v) is 8.18. The van der Waals surface area contributed by atoms with Crippen LogP contribution in [-0.2, 0) is 11.3 Å². The number of amides is 2. The third-order valence-electron chi connectivity index (χ3n) is 4.11. The van der Waals surface area contributed by atoms with Gasteiger partial charge in [-0.15, -0.1) is 0 Å². The maximum Gasteiger partial charge on any atom is 0.322 e. The maximum atomic E-state index is 12.5. The molecule has 0 radical (unpaired) electrons. The van der Waals surface area contributed by atoms with Crippen LogP contribution in [0.25, 0.3) is 0 Å². The summed E-state index contributed by atoms with van der Waals surface area (Å²) in [5.74, 6) is 1.18. The van der Waals surface area contributed by atoms with Crippen molar-refractivity contribution in [1.82, 2.24) is 15.5 Å². The van der Waals surface area contributed by atoms with Crippen LogP contribution in [0.15, 0.2) is 28.8 Å². The smallest absolute Gasteiger partial charge is 0.322 e. The summed E-state index contributed by atoms with van der Waals surface area (Å²) in [5.41, 5.74) is 2.15. The molecule has 1 aliphatic rings. The second-order valence-corrected chi connectivity index (χ2v) is 5.87. The molecule has 2 atom stereocenters. The van der Waals surface area contributed by atoms with Crippen LogP contribution in [0.3, 0.4) is 0 Å². The normalized spacial score (nSPS) is 17.6. The molecule has 0 fully saturated rings. The molecule has 1 aromatic heterocycles. The van der Waals surface area contributed by atoms with E-state index in [1.54, 1.807) is 4.90 Å². The van der Waals surface area contributed by atoms with Crippen LogP contribution in [0, 0.1) is 0 Å². The summed E-state index contributed by atoms with van der Waals surface area (Å²) in [6.45, 7) is 7.32. The van der Waals surface area contributed by atoms with Gasteiger partial charge < -0.3 is 14.6 Å². The number of aromatic nitrogens is 2. The highest BCUT2D eigenvalue weighted by atomic mass is 16.5. The Kier molecular flexibility index (Phi) is 4.80. The minimum atomic E-state index is -0.227. The van der Waals surface area contributed by atoms with E-state index in [-0.39, 0.29) is 18.7 Å². The molecule has 2 amide bonds. The van der Waals surface area contributed by atoms with Crippen molar-refractivity contribution >= 4 is 11.7 Å². The molecule has 0 bridgehead atoms. The number of nitrogens with one attached hydrogen (secondary N) is 1. The second-order valence-electron chi connectivity index (χ2n) is 5.87. The average Bonchev–Trinajstić information content (AvgIpc) is 3.19. The van der Waals surface area contributed by atoms with Crippen molar-refractivity contribution in [3.05, 3.63) is 41.5 Å². The third kappa shape index (κ3) is 3.26. The van der Waals surface area contributed by atoms with E-state index >= 15 is 0 Å². The monoisotopic (exact) mass is 330 g/mol. The van der Waals surface area contributed by atoms with Gasteiger partial charge in [0.15, 0.2) is 5.82 Å². The Balaban J connectivity index is 1.61. The van der Waals surface area contributed by atoms with Gasteiger partial charge in [0.05, 0.1) is 6.54 Å². The molecule has 1 aliphatic heterocycles. The fraction of sp³-hybridized carbons (Fsp3) is 0.471. The van der Waals surface area contributed by atoms with Gasteiger partial charge in [-0.3, -0.25) is 4.90 Å². The number of carbonyl (C=O) groups excluding carboxylic acids is 1. The van der Waals surface area contributed by atoms with Gasteiger partial charge in [0.1, 0.15) is 6.10 Å². The number of nitrogens with zero attached hydrogens (tertiary/aromatic N) is 3. The highest BCUT2D eigenvalue weighted by Gasteiger charge is 2.29. The lowest BCUT2D eigenvalue weighted by Gasteiger charge is -2.17. The number of rotatable bonds is 5. The Hall–Kier alpha value is -2.41. The fourth-order valence-electron chi connectivity index (χ4n) is 2.89. The van der Waals surface area contributed by atoms with Gasteiger partial charge in [-0.2, -0.15) is 4.98 Å². The summed E-state index contributed by atoms with van der Waals surface area (Å²) in [7, 11) is 0. The van der Waals surface area contributed by atoms with Crippen LogP contribution in [0.4, 0.5) is 10.5 Å². The number of carbonyl (C=O) groups is 1. The number of hydrogen-bond acceptors (Lipinski definition) is 5. The molecule has 2 heterocycles. The molecule has 3 rings (SSSR count). The Bertz CT molecular complexity index is 715. The van der Waals surface area contributed by atoms with Crippen LogP contribution in [0.2, 0.25) is 0 Å². The highest BCUT2D eigenvalue weighted by Crippen LogP contribution is 2.35. The van der Waals surface area contributed by atoms with E-state index in [9.17, 15) is 4.79 Å². The number of ether oxygens (including phenoxy) is 1. The van der Waals surface area contributed by atoms with Gasteiger partial charge >= 0.3 is 6.03 Å². The fourth-order valence-corrected chi connectivity index (χ4v) is 2.89. The minimum absolute atomic E-state index is 0.163. The zero-order valence-electron chi connectivity index (χ0n) is 14.2. The van der Waals surface area contributed by atoms with Gasteiger partial charge in [-0.1, -0.05) is 30.3 Å². The van der Waals surface area contributed by atoms with Crippen LogP contribution < -0.4 is 10.2 Å². The zero-order chi connectivity index (χ0) is 17.1. The van der Waals surface area contributed by atoms with Crippen molar-refractivity contribution < 1.29 is 14.1 Å². The van der Waals surface area contributed by atoms with E-state index in [1.165, 1.54) is 5.56 Å². The number of benzene rings is 1. The Labute approximate surface area is 141 Å². The molecule has 0 aliphatic carbocycles. The van der Waals surface area contributed by atoms with E-state index in [0.717, 1.165) is 5.69 Å². The molecule has 1 aromatic carbocycles. The molecule has 0 spiro atoms. The lowest BCUT2D eigenvalue weighted by atomic mass is 10.0. The predicted molar refractivity (Wildman–Crippen MR) is 88.8 cm³/mol. The first-order chi connectivity index (χ1) is 11.6. The van der Waals surface area contributed by atoms with Crippen molar-refractivity contribution in [2.75, 3.05) is 18.1 Å². The molecule has 7 nitrogen and oxygen atoms in total. The topological polar surface area (TPSA) is 80.5 Å². The van der Waals surface area contributed by atoms with E-state index in [2.05, 4.69) is 28.4 Å². The maximum absolute atomic E-state index is 12.5. The number of urea groups is 1. The standard InChI is InChI=1S/C17H22N4O3/c1-4-23-12(3)16-19-15(24-20-16)9-18-17(22)21-10-11(2)13-7-5-6-8-14(13)21/h5-8,11-12H,4,9-10H2,1-3H3,(H,18,22). The summed E-state index contributed by atoms with van der Waals surface area (Å²) < 4.78 is 10.6. The van der Waals surface area contributed by atoms with Crippen molar-refractivity contribution in [3.8, 4) is 0 Å². The van der Waals surface area contributed by atoms with E-state index in [4.69, 9.17) is 9.26 Å². The Morgan fingerprint density at radius 1 is 1.50 bits per heavy atom. The molecule has 128 valence electrons. The summed E-state index contributed by atoms with van der Waals surface area (Å²) in [6.07, 6.45) is -0.227. The number of hydrogen-bond donors (Lipinski definition) is 1. The van der Waals surface area contributed by atoms with Crippen LogP contribution in [0.1, 0.15) is 50.1 Å². The average molecular weight is 330 g/mol. The molecule has 24 heavy (non-hydrogen) atoms. The third-order valence-corrected chi connectivity index (χ3v) is 4.11. The summed E-state index contributed by atoms with van der Waals surface area (Å²) in [5, 5.41) is 6.72. The molecule has 2 unspecified atom stereocenters. The van der Waals surface area contributed by atoms with Crippen LogP contribution in [-0.4, -0.2) is 29.3 Å². The highest BCUT2D eigenvalue weighted by molar-refractivity contribution is 5.94. The lowest BCUT2D eigenvalue weighted by molar-refractivity contribution is 0.0683. The van der Waals surface area contributed by atoms with E-state index < -0.39 is 0 Å². The van der Waals surface area contributed by atoms with Crippen molar-refractivity contribution in [1.29, 1.82) is 0 Å². The van der Waals surface area contributed by atoms with Gasteiger partial charge in [-0.25, -0.2) is 4.79 Å². The van der Waals surface area contributed by atoms with Crippen molar-refractivity contribution in [2.24, 2.45) is 0 Å². The molecular formula is C17H22N4O3. The Morgan fingerprint density at radius 2 is 2.29 bits per heavy atom. The first kappa shape index (κ1) is 16.4. The molecule has 7 heteroatoms. The van der Waals surface area contributed by atoms with Gasteiger partial charge in [0.2, 0.25) is 5.89 Å². The summed E-state index contributed by atoms with van der Waals surface area (Å²) in [4.78, 5) is 18.5. The molecule has 1 N–H and O–H groups in total. The van der Waals surface area contributed by atoms with Gasteiger partial charge in [0.25, 0.3) is 0 Å². The van der Waals surface area contributed by atoms with Crippen LogP contribution in [0.5, 0.6) is 0 Å². The SMILES string of the molecule is CCOC(C)c1noc(CNC(=O)N2CC(C)c3ccccc32)n1. The van der Waals surface area contributed by atoms with Crippen molar-refractivity contribution in [2.45, 2.75) is 39.3 Å². The number of fused-ring (bicyclic) bond motifs is 1. The molecule has 2 aromatic rings. The largest absolute Gasteiger partial charge is 0.371 e. The predicted octanol–water partition coefficient (Wildman–Crippen LogP) is 3.00. The summed E-state index contributed by atoms with van der Waals surface area (Å²) >= 11 is 0. The molecule has 0 saturated heterocycles. The Morgan fingerprint density at radius 3 is 3.08 bits per heavy atom. The molecular weight excluding hydrogens is 308 g/mol.